The normalized spacial score (nSPS) is 18.0. The molecule has 1 saturated carbocycles. The summed E-state index contributed by atoms with van der Waals surface area (Å²) in [6.45, 7) is 5.58. The number of fused-ring (bicyclic) bond motifs is 7. The highest BCUT2D eigenvalue weighted by molar-refractivity contribution is 7.21. The lowest BCUT2D eigenvalue weighted by Gasteiger charge is -2.34. The van der Waals surface area contributed by atoms with Crippen molar-refractivity contribution in [3.05, 3.63) is 70.9 Å². The van der Waals surface area contributed by atoms with Crippen molar-refractivity contribution >= 4 is 44.1 Å². The number of aliphatic hydroxyl groups is 1. The van der Waals surface area contributed by atoms with Gasteiger partial charge in [0.15, 0.2) is 0 Å². The van der Waals surface area contributed by atoms with Crippen molar-refractivity contribution in [1.29, 1.82) is 0 Å². The van der Waals surface area contributed by atoms with E-state index in [9.17, 15) is 19.4 Å². The van der Waals surface area contributed by atoms with E-state index in [1.165, 1.54) is 59.2 Å². The van der Waals surface area contributed by atoms with Crippen molar-refractivity contribution in [1.82, 2.24) is 14.5 Å². The van der Waals surface area contributed by atoms with Crippen LogP contribution >= 0.6 is 11.3 Å². The van der Waals surface area contributed by atoms with Gasteiger partial charge in [-0.3, -0.25) is 0 Å². The van der Waals surface area contributed by atoms with Gasteiger partial charge < -0.3 is 24.6 Å². The molecule has 2 aromatic carbocycles. The molecular weight excluding hydrogens is 612 g/mol. The summed E-state index contributed by atoms with van der Waals surface area (Å²) >= 11 is 1.43. The smallest absolute Gasteiger partial charge is 0.345 e. The van der Waals surface area contributed by atoms with Crippen LogP contribution in [0.2, 0.25) is 0 Å². The van der Waals surface area contributed by atoms with Gasteiger partial charge in [0, 0.05) is 49.3 Å². The lowest BCUT2D eigenvalue weighted by molar-refractivity contribution is 0.0702. The van der Waals surface area contributed by atoms with Crippen LogP contribution in [0.5, 0.6) is 0 Å². The summed E-state index contributed by atoms with van der Waals surface area (Å²) in [5.74, 6) is -0.348. The number of halogens is 1. The van der Waals surface area contributed by atoms with E-state index in [1.807, 2.05) is 18.2 Å². The summed E-state index contributed by atoms with van der Waals surface area (Å²) < 4.78 is 18.4. The molecule has 9 heteroatoms. The predicted octanol–water partition coefficient (Wildman–Crippen LogP) is 7.99. The number of nitrogens with zero attached hydrogens (tertiary/aromatic N) is 4. The molecule has 0 unspecified atom stereocenters. The van der Waals surface area contributed by atoms with Crippen molar-refractivity contribution < 1.29 is 19.4 Å². The molecule has 0 bridgehead atoms. The third kappa shape index (κ3) is 5.52. The fourth-order valence-electron chi connectivity index (χ4n) is 8.30. The number of carboxylic acid groups (broad SMARTS) is 1. The van der Waals surface area contributed by atoms with Crippen molar-refractivity contribution in [2.75, 3.05) is 44.2 Å². The minimum atomic E-state index is -0.863. The fourth-order valence-corrected chi connectivity index (χ4v) is 9.42. The van der Waals surface area contributed by atoms with Crippen LogP contribution in [0.1, 0.15) is 66.1 Å². The third-order valence-electron chi connectivity index (χ3n) is 10.8. The number of aromatic nitrogens is 2. The Kier molecular flexibility index (Phi) is 8.23. The maximum absolute atomic E-state index is 14.8. The van der Waals surface area contributed by atoms with Crippen molar-refractivity contribution in [2.45, 2.75) is 57.4 Å². The van der Waals surface area contributed by atoms with E-state index in [1.54, 1.807) is 12.1 Å². The molecule has 47 heavy (non-hydrogen) atoms. The molecule has 5 heterocycles. The predicted molar refractivity (Wildman–Crippen MR) is 187 cm³/mol. The quantitative estimate of drug-likeness (QED) is 0.186. The van der Waals surface area contributed by atoms with Gasteiger partial charge in [-0.2, -0.15) is 0 Å². The first-order valence-corrected chi connectivity index (χ1v) is 18.0. The maximum Gasteiger partial charge on any atom is 0.345 e. The van der Waals surface area contributed by atoms with Crippen LogP contribution < -0.4 is 4.90 Å². The van der Waals surface area contributed by atoms with Gasteiger partial charge in [-0.25, -0.2) is 14.2 Å². The minimum absolute atomic E-state index is 0.267. The standard InChI is InChI=1S/C38H41FN4O3S/c39-29-9-5-4-8-26(29)30-12-10-27-31(40-30)13-11-28-35(27)42(19-18-41-16-14-24(23-44)15-17-41)20-21-43-32-22-33(38(45)46)47-37(32)34(36(28)43)25-6-2-1-3-7-25/h4-5,8-13,22,24-25,44H,1-3,6-7,14-21,23H2,(H,45,46). The molecule has 1 saturated heterocycles. The highest BCUT2D eigenvalue weighted by atomic mass is 32.1. The molecule has 3 aliphatic rings. The zero-order valence-corrected chi connectivity index (χ0v) is 27.4. The molecule has 0 radical (unpaired) electrons. The monoisotopic (exact) mass is 652 g/mol. The number of hydrogen-bond donors (Lipinski definition) is 2. The highest BCUT2D eigenvalue weighted by Gasteiger charge is 2.33. The third-order valence-corrected chi connectivity index (χ3v) is 12.0. The van der Waals surface area contributed by atoms with Crippen molar-refractivity contribution in [2.24, 2.45) is 5.92 Å². The molecule has 3 aromatic heterocycles. The number of likely N-dealkylation sites (tertiary alicyclic amines) is 1. The van der Waals surface area contributed by atoms with Gasteiger partial charge in [-0.05, 0) is 98.6 Å². The van der Waals surface area contributed by atoms with Crippen LogP contribution in [-0.4, -0.2) is 70.0 Å². The van der Waals surface area contributed by atoms with Crippen molar-refractivity contribution in [3.8, 4) is 22.5 Å². The van der Waals surface area contributed by atoms with Crippen LogP contribution in [0.3, 0.4) is 0 Å². The lowest BCUT2D eigenvalue weighted by atomic mass is 9.82. The van der Waals surface area contributed by atoms with Crippen LogP contribution in [0.4, 0.5) is 10.1 Å². The molecule has 5 aromatic rings. The Bertz CT molecular complexity index is 1950. The minimum Gasteiger partial charge on any atom is -0.477 e. The summed E-state index contributed by atoms with van der Waals surface area (Å²) in [4.78, 5) is 22.6. The first-order chi connectivity index (χ1) is 23.0. The Morgan fingerprint density at radius 1 is 0.915 bits per heavy atom. The average Bonchev–Trinajstić information content (AvgIpc) is 3.61. The second-order valence-corrected chi connectivity index (χ2v) is 14.6. The van der Waals surface area contributed by atoms with E-state index in [0.29, 0.717) is 28.0 Å². The zero-order valence-electron chi connectivity index (χ0n) is 26.6. The molecule has 8 rings (SSSR count). The molecule has 2 fully saturated rings. The number of aromatic carboxylic acids is 1. The Hall–Kier alpha value is -3.79. The number of thiophene rings is 1. The Morgan fingerprint density at radius 3 is 2.49 bits per heavy atom. The maximum atomic E-state index is 14.8. The molecular formula is C38H41FN4O3S. The van der Waals surface area contributed by atoms with Gasteiger partial charge >= 0.3 is 5.97 Å². The van der Waals surface area contributed by atoms with Gasteiger partial charge in [-0.1, -0.05) is 31.4 Å². The Balaban J connectivity index is 1.28. The first kappa shape index (κ1) is 30.5. The fraction of sp³-hybridized carbons (Fsp3) is 0.421. The Morgan fingerprint density at radius 2 is 1.72 bits per heavy atom. The summed E-state index contributed by atoms with van der Waals surface area (Å²) in [6, 6.07) is 17.0. The number of benzene rings is 2. The number of rotatable bonds is 7. The number of anilines is 1. The summed E-state index contributed by atoms with van der Waals surface area (Å²) in [5.41, 5.74) is 7.89. The van der Waals surface area contributed by atoms with E-state index in [2.05, 4.69) is 32.6 Å². The van der Waals surface area contributed by atoms with E-state index < -0.39 is 5.97 Å². The second kappa shape index (κ2) is 12.7. The molecule has 2 aliphatic heterocycles. The largest absolute Gasteiger partial charge is 0.477 e. The molecule has 1 aliphatic carbocycles. The van der Waals surface area contributed by atoms with Crippen LogP contribution in [0.25, 0.3) is 43.6 Å². The molecule has 0 amide bonds. The zero-order chi connectivity index (χ0) is 32.1. The second-order valence-electron chi connectivity index (χ2n) is 13.5. The molecule has 0 spiro atoms. The number of hydrogen-bond acceptors (Lipinski definition) is 6. The van der Waals surface area contributed by atoms with Gasteiger partial charge in [0.05, 0.1) is 32.8 Å². The summed E-state index contributed by atoms with van der Waals surface area (Å²) in [7, 11) is 0. The average molecular weight is 653 g/mol. The van der Waals surface area contributed by atoms with Gasteiger partial charge in [-0.15, -0.1) is 11.3 Å². The molecule has 0 atom stereocenters. The van der Waals surface area contributed by atoms with E-state index in [4.69, 9.17) is 4.98 Å². The summed E-state index contributed by atoms with van der Waals surface area (Å²) in [6.07, 6.45) is 7.93. The summed E-state index contributed by atoms with van der Waals surface area (Å²) in [5, 5.41) is 20.7. The topological polar surface area (TPSA) is 81.8 Å². The SMILES string of the molecule is O=C(O)c1cc2c(s1)c(C1CCCCC1)c1n2CCN(CCN2CCC(CO)CC2)c2c-1ccc1nc(-c3ccccc3F)ccc21. The van der Waals surface area contributed by atoms with Gasteiger partial charge in [0.1, 0.15) is 10.7 Å². The van der Waals surface area contributed by atoms with E-state index in [0.717, 1.165) is 86.1 Å². The number of aliphatic hydroxyl groups excluding tert-OH is 1. The van der Waals surface area contributed by atoms with Crippen LogP contribution in [0, 0.1) is 11.7 Å². The Labute approximate surface area is 278 Å². The molecule has 2 N–H and O–H groups in total. The first-order valence-electron chi connectivity index (χ1n) is 17.2. The van der Waals surface area contributed by atoms with E-state index >= 15 is 0 Å². The highest BCUT2D eigenvalue weighted by Crippen LogP contribution is 2.50. The lowest BCUT2D eigenvalue weighted by Crippen LogP contribution is -2.41. The number of piperidine rings is 1. The van der Waals surface area contributed by atoms with Crippen LogP contribution in [-0.2, 0) is 6.54 Å². The molecule has 7 nitrogen and oxygen atoms in total. The van der Waals surface area contributed by atoms with Gasteiger partial charge in [0.25, 0.3) is 0 Å². The van der Waals surface area contributed by atoms with E-state index in [-0.39, 0.29) is 12.4 Å². The van der Waals surface area contributed by atoms with Gasteiger partial charge in [0.2, 0.25) is 0 Å². The number of pyridine rings is 1. The van der Waals surface area contributed by atoms with Crippen LogP contribution in [0.15, 0.2) is 54.6 Å². The molecule has 244 valence electrons. The van der Waals surface area contributed by atoms with Crippen molar-refractivity contribution in [3.63, 3.8) is 0 Å². The number of carboxylic acids is 1. The number of carbonyl (C=O) groups is 1.